The van der Waals surface area contributed by atoms with Gasteiger partial charge in [-0.25, -0.2) is 5.01 Å². The van der Waals surface area contributed by atoms with E-state index < -0.39 is 0 Å². The van der Waals surface area contributed by atoms with Crippen molar-refractivity contribution in [3.63, 3.8) is 0 Å². The van der Waals surface area contributed by atoms with Crippen molar-refractivity contribution in [2.45, 2.75) is 34.2 Å². The first-order chi connectivity index (χ1) is 11.3. The minimum absolute atomic E-state index is 0.146. The summed E-state index contributed by atoms with van der Waals surface area (Å²) in [5.41, 5.74) is 2.43. The number of fused-ring (bicyclic) bond motifs is 3. The second-order valence-corrected chi connectivity index (χ2v) is 7.39. The largest absolute Gasteiger partial charge is 0.331 e. The van der Waals surface area contributed by atoms with Crippen LogP contribution in [0.2, 0.25) is 0 Å². The average Bonchev–Trinajstić information content (AvgIpc) is 2.83. The van der Waals surface area contributed by atoms with Crippen LogP contribution < -0.4 is 0 Å². The van der Waals surface area contributed by atoms with Gasteiger partial charge in [-0.1, -0.05) is 39.0 Å². The maximum atomic E-state index is 13.0. The zero-order chi connectivity index (χ0) is 17.5. The second kappa shape index (κ2) is 5.79. The van der Waals surface area contributed by atoms with E-state index in [-0.39, 0.29) is 17.2 Å². The summed E-state index contributed by atoms with van der Waals surface area (Å²) in [6, 6.07) is 12.1. The molecule has 24 heavy (non-hydrogen) atoms. The molecule has 0 aliphatic carbocycles. The number of hydrogen-bond donors (Lipinski definition) is 0. The van der Waals surface area contributed by atoms with Crippen LogP contribution in [-0.4, -0.2) is 27.7 Å². The number of aromatic nitrogens is 1. The number of carbonyl (C=O) groups excluding carboxylic acids is 1. The molecule has 3 rings (SSSR count). The van der Waals surface area contributed by atoms with Crippen LogP contribution in [0.5, 0.6) is 0 Å². The van der Waals surface area contributed by atoms with Crippen molar-refractivity contribution in [1.29, 1.82) is 5.26 Å². The summed E-state index contributed by atoms with van der Waals surface area (Å²) in [7, 11) is 0. The van der Waals surface area contributed by atoms with Crippen LogP contribution in [0.4, 0.5) is 0 Å². The number of rotatable bonds is 2. The number of nitriles is 1. The molecule has 1 aromatic carbocycles. The summed E-state index contributed by atoms with van der Waals surface area (Å²) in [4.78, 5) is 13.0. The van der Waals surface area contributed by atoms with Crippen molar-refractivity contribution >= 4 is 22.5 Å². The molecule has 0 radical (unpaired) electrons. The van der Waals surface area contributed by atoms with Crippen molar-refractivity contribution in [2.75, 3.05) is 6.54 Å². The molecular weight excluding hydrogens is 300 g/mol. The topological polar surface area (TPSA) is 61.4 Å². The van der Waals surface area contributed by atoms with Crippen molar-refractivity contribution in [3.05, 3.63) is 36.0 Å². The van der Waals surface area contributed by atoms with Gasteiger partial charge in [-0.05, 0) is 19.1 Å². The minimum atomic E-state index is -0.269. The number of amides is 1. The summed E-state index contributed by atoms with van der Waals surface area (Å²) < 4.78 is 2.04. The predicted octanol–water partition coefficient (Wildman–Crippen LogP) is 3.66. The fourth-order valence-electron chi connectivity index (χ4n) is 2.87. The Morgan fingerprint density at radius 3 is 2.71 bits per heavy atom. The Hall–Kier alpha value is -2.61. The summed E-state index contributed by atoms with van der Waals surface area (Å²) in [5, 5.41) is 16.3. The highest BCUT2D eigenvalue weighted by molar-refractivity contribution is 6.02. The molecule has 5 nitrogen and oxygen atoms in total. The van der Waals surface area contributed by atoms with Gasteiger partial charge in [0.2, 0.25) is 0 Å². The molecule has 5 heteroatoms. The first-order valence-corrected chi connectivity index (χ1v) is 8.19. The Kier molecular flexibility index (Phi) is 3.92. The van der Waals surface area contributed by atoms with Gasteiger partial charge in [0, 0.05) is 16.3 Å². The monoisotopic (exact) mass is 322 g/mol. The predicted molar refractivity (Wildman–Crippen MR) is 94.6 cm³/mol. The van der Waals surface area contributed by atoms with Crippen LogP contribution in [-0.2, 0) is 6.54 Å². The van der Waals surface area contributed by atoms with Crippen LogP contribution in [0, 0.1) is 22.7 Å². The molecule has 0 saturated carbocycles. The lowest BCUT2D eigenvalue weighted by Gasteiger charge is -2.23. The highest BCUT2D eigenvalue weighted by Gasteiger charge is 2.30. The molecule has 0 bridgehead atoms. The van der Waals surface area contributed by atoms with Gasteiger partial charge < -0.3 is 4.57 Å². The van der Waals surface area contributed by atoms with E-state index in [2.05, 4.69) is 31.9 Å². The maximum Gasteiger partial charge on any atom is 0.290 e. The van der Waals surface area contributed by atoms with E-state index >= 15 is 0 Å². The third-order valence-corrected chi connectivity index (χ3v) is 4.35. The van der Waals surface area contributed by atoms with Crippen molar-refractivity contribution in [3.8, 4) is 6.07 Å². The molecular formula is C19H22N4O. The number of hydrogen-bond acceptors (Lipinski definition) is 3. The zero-order valence-electron chi connectivity index (χ0n) is 14.6. The minimum Gasteiger partial charge on any atom is -0.331 e. The fraction of sp³-hybridized carbons (Fsp3) is 0.421. The van der Waals surface area contributed by atoms with E-state index in [1.807, 2.05) is 34.9 Å². The third-order valence-electron chi connectivity index (χ3n) is 4.35. The van der Waals surface area contributed by atoms with E-state index in [9.17, 15) is 4.79 Å². The van der Waals surface area contributed by atoms with E-state index in [0.29, 0.717) is 18.8 Å². The maximum absolute atomic E-state index is 13.0. The number of nitrogens with zero attached hydrogens (tertiary/aromatic N) is 4. The summed E-state index contributed by atoms with van der Waals surface area (Å²) in [5.74, 6) is -0.414. The van der Waals surface area contributed by atoms with Crippen molar-refractivity contribution < 1.29 is 4.79 Å². The van der Waals surface area contributed by atoms with Crippen LogP contribution in [0.15, 0.2) is 35.4 Å². The first-order valence-electron chi connectivity index (χ1n) is 8.19. The van der Waals surface area contributed by atoms with Crippen LogP contribution in [0.25, 0.3) is 10.9 Å². The van der Waals surface area contributed by atoms with Gasteiger partial charge in [-0.15, -0.1) is 0 Å². The van der Waals surface area contributed by atoms with Crippen LogP contribution in [0.1, 0.15) is 38.2 Å². The van der Waals surface area contributed by atoms with E-state index in [4.69, 9.17) is 5.26 Å². The Morgan fingerprint density at radius 2 is 2.04 bits per heavy atom. The number of carbonyl (C=O) groups is 1. The van der Waals surface area contributed by atoms with Gasteiger partial charge >= 0.3 is 0 Å². The van der Waals surface area contributed by atoms with E-state index in [0.717, 1.165) is 16.6 Å². The lowest BCUT2D eigenvalue weighted by molar-refractivity contribution is 0.0743. The molecule has 2 aromatic rings. The fourth-order valence-corrected chi connectivity index (χ4v) is 2.87. The van der Waals surface area contributed by atoms with Crippen molar-refractivity contribution in [2.24, 2.45) is 16.4 Å². The molecule has 0 saturated heterocycles. The Bertz CT molecular complexity index is 864. The van der Waals surface area contributed by atoms with Crippen molar-refractivity contribution in [1.82, 2.24) is 9.58 Å². The molecule has 1 aliphatic heterocycles. The number of hydrazone groups is 1. The van der Waals surface area contributed by atoms with Gasteiger partial charge in [-0.3, -0.25) is 4.79 Å². The quantitative estimate of drug-likeness (QED) is 0.847. The molecule has 0 fully saturated rings. The van der Waals surface area contributed by atoms with Gasteiger partial charge in [0.1, 0.15) is 5.69 Å². The highest BCUT2D eigenvalue weighted by atomic mass is 16.2. The Morgan fingerprint density at radius 1 is 1.33 bits per heavy atom. The normalized spacial score (nSPS) is 16.4. The van der Waals surface area contributed by atoms with Gasteiger partial charge in [-0.2, -0.15) is 10.4 Å². The van der Waals surface area contributed by atoms with Crippen LogP contribution in [0.3, 0.4) is 0 Å². The zero-order valence-corrected chi connectivity index (χ0v) is 14.6. The molecule has 1 amide bonds. The summed E-state index contributed by atoms with van der Waals surface area (Å²) in [6.45, 7) is 8.97. The van der Waals surface area contributed by atoms with E-state index in [1.54, 1.807) is 6.92 Å². The third kappa shape index (κ3) is 2.80. The molecule has 1 aromatic heterocycles. The number of para-hydroxylation sites is 1. The van der Waals surface area contributed by atoms with Gasteiger partial charge in [0.15, 0.2) is 0 Å². The average molecular weight is 322 g/mol. The molecule has 0 spiro atoms. The summed E-state index contributed by atoms with van der Waals surface area (Å²) in [6.07, 6.45) is 0. The van der Waals surface area contributed by atoms with E-state index in [1.165, 1.54) is 5.01 Å². The molecule has 1 atom stereocenters. The van der Waals surface area contributed by atoms with Crippen LogP contribution >= 0.6 is 0 Å². The standard InChI is InChI=1S/C19H22N4O/c1-13(10-20)11-23-18(24)16-9-14-7-5-6-8-15(14)22(16)12-17(21-23)19(2,3)4/h5-9,13H,11-12H2,1-4H3. The SMILES string of the molecule is CC(C#N)CN1N=C(C(C)(C)C)Cn2c(cc3ccccc32)C1=O. The molecule has 2 heterocycles. The smallest absolute Gasteiger partial charge is 0.290 e. The van der Waals surface area contributed by atoms with Gasteiger partial charge in [0.05, 0.1) is 30.8 Å². The molecule has 124 valence electrons. The Labute approximate surface area is 142 Å². The lowest BCUT2D eigenvalue weighted by Crippen LogP contribution is -2.32. The second-order valence-electron chi connectivity index (χ2n) is 7.39. The molecule has 1 unspecified atom stereocenters. The number of benzene rings is 1. The lowest BCUT2D eigenvalue weighted by atomic mass is 9.90. The van der Waals surface area contributed by atoms with Gasteiger partial charge in [0.25, 0.3) is 5.91 Å². The highest BCUT2D eigenvalue weighted by Crippen LogP contribution is 2.28. The Balaban J connectivity index is 2.17. The first kappa shape index (κ1) is 16.3. The molecule has 1 aliphatic rings. The molecule has 0 N–H and O–H groups in total. The summed E-state index contributed by atoms with van der Waals surface area (Å²) >= 11 is 0.